The van der Waals surface area contributed by atoms with Crippen LogP contribution in [0.15, 0.2) is 23.1 Å². The van der Waals surface area contributed by atoms with Gasteiger partial charge in [0.05, 0.1) is 21.1 Å². The van der Waals surface area contributed by atoms with E-state index in [1.807, 2.05) is 0 Å². The predicted molar refractivity (Wildman–Crippen MR) is 92.4 cm³/mol. The summed E-state index contributed by atoms with van der Waals surface area (Å²) < 4.78 is 32.7. The van der Waals surface area contributed by atoms with Crippen LogP contribution in [0, 0.1) is 5.41 Å². The zero-order valence-electron chi connectivity index (χ0n) is 14.1. The number of hydrogen-bond donors (Lipinski definition) is 3. The molecule has 1 aliphatic rings. The second-order valence-electron chi connectivity index (χ2n) is 6.80. The lowest BCUT2D eigenvalue weighted by Crippen LogP contribution is -2.53. The summed E-state index contributed by atoms with van der Waals surface area (Å²) in [6, 6.07) is 3.44. The van der Waals surface area contributed by atoms with Crippen LogP contribution >= 0.6 is 11.6 Å². The first-order valence-electron chi connectivity index (χ1n) is 7.81. The first-order valence-corrected chi connectivity index (χ1v) is 9.67. The zero-order chi connectivity index (χ0) is 18.9. The Kier molecular flexibility index (Phi) is 5.80. The second-order valence-corrected chi connectivity index (χ2v) is 8.97. The fraction of sp³-hybridized carbons (Fsp3) is 0.562. The predicted octanol–water partition coefficient (Wildman–Crippen LogP) is 1.88. The average molecular weight is 392 g/mol. The smallest absolute Gasteiger partial charge is 0.337 e. The Hall–Kier alpha value is -1.19. The van der Waals surface area contributed by atoms with Gasteiger partial charge in [-0.25, -0.2) is 17.9 Å². The Morgan fingerprint density at radius 2 is 1.96 bits per heavy atom. The molecule has 0 atom stereocenters. The van der Waals surface area contributed by atoms with Gasteiger partial charge in [-0.1, -0.05) is 25.4 Å². The maximum atomic E-state index is 12.5. The summed E-state index contributed by atoms with van der Waals surface area (Å²) in [5, 5.41) is 19.6. The lowest BCUT2D eigenvalue weighted by molar-refractivity contribution is -0.129. The lowest BCUT2D eigenvalue weighted by Gasteiger charge is -2.45. The second kappa shape index (κ2) is 7.20. The van der Waals surface area contributed by atoms with E-state index in [0.29, 0.717) is 26.1 Å². The van der Waals surface area contributed by atoms with Crippen molar-refractivity contribution in [2.75, 3.05) is 19.8 Å². The van der Waals surface area contributed by atoms with E-state index in [9.17, 15) is 18.3 Å². The van der Waals surface area contributed by atoms with Gasteiger partial charge in [0.2, 0.25) is 10.0 Å². The average Bonchev–Trinajstić information content (AvgIpc) is 2.53. The molecule has 9 heteroatoms. The van der Waals surface area contributed by atoms with Crippen LogP contribution in [0.4, 0.5) is 0 Å². The van der Waals surface area contributed by atoms with Crippen LogP contribution in [0.2, 0.25) is 5.02 Å². The topological polar surface area (TPSA) is 113 Å². The molecule has 25 heavy (non-hydrogen) atoms. The number of rotatable bonds is 6. The highest BCUT2D eigenvalue weighted by Gasteiger charge is 2.44. The van der Waals surface area contributed by atoms with Crippen molar-refractivity contribution >= 4 is 27.6 Å². The minimum absolute atomic E-state index is 0.0180. The number of halogens is 1. The summed E-state index contributed by atoms with van der Waals surface area (Å²) in [5.41, 5.74) is -1.91. The molecule has 1 saturated heterocycles. The van der Waals surface area contributed by atoms with Crippen LogP contribution < -0.4 is 4.72 Å². The lowest BCUT2D eigenvalue weighted by atomic mass is 9.70. The van der Waals surface area contributed by atoms with Crippen LogP contribution in [0.3, 0.4) is 0 Å². The van der Waals surface area contributed by atoms with Crippen molar-refractivity contribution in [1.82, 2.24) is 4.72 Å². The molecule has 0 aromatic heterocycles. The van der Waals surface area contributed by atoms with Crippen LogP contribution in [0.1, 0.15) is 37.0 Å². The number of ether oxygens (including phenoxy) is 1. The number of carboxylic acid groups (broad SMARTS) is 1. The van der Waals surface area contributed by atoms with E-state index in [1.165, 1.54) is 6.07 Å². The maximum absolute atomic E-state index is 12.5. The third kappa shape index (κ3) is 4.32. The highest BCUT2D eigenvalue weighted by Crippen LogP contribution is 2.38. The molecule has 1 aliphatic heterocycles. The fourth-order valence-electron chi connectivity index (χ4n) is 2.75. The Balaban J connectivity index is 2.16. The van der Waals surface area contributed by atoms with Crippen LogP contribution in [-0.4, -0.2) is 50.0 Å². The van der Waals surface area contributed by atoms with Crippen LogP contribution in [0.25, 0.3) is 0 Å². The third-order valence-electron chi connectivity index (χ3n) is 4.77. The van der Waals surface area contributed by atoms with Crippen molar-refractivity contribution in [3.8, 4) is 0 Å². The first-order chi connectivity index (χ1) is 11.5. The standard InChI is InChI=1S/C16H22ClNO6S/c1-15(2,16(21)5-7-24-8-6-16)10-18-25(22,23)11-3-4-12(14(19)20)13(17)9-11/h3-4,9,18,21H,5-8,10H2,1-2H3,(H,19,20). The molecule has 0 spiro atoms. The molecule has 0 saturated carbocycles. The quantitative estimate of drug-likeness (QED) is 0.682. The Labute approximate surface area is 152 Å². The Morgan fingerprint density at radius 1 is 1.36 bits per heavy atom. The van der Waals surface area contributed by atoms with E-state index in [2.05, 4.69) is 4.72 Å². The SMILES string of the molecule is CC(C)(CNS(=O)(=O)c1ccc(C(=O)O)c(Cl)c1)C1(O)CCOCC1. The van der Waals surface area contributed by atoms with Crippen LogP contribution in [-0.2, 0) is 14.8 Å². The fourth-order valence-corrected chi connectivity index (χ4v) is 4.31. The van der Waals surface area contributed by atoms with Crippen molar-refractivity contribution < 1.29 is 28.2 Å². The molecule has 7 nitrogen and oxygen atoms in total. The molecule has 3 N–H and O–H groups in total. The summed E-state index contributed by atoms with van der Waals surface area (Å²) in [6.45, 7) is 4.46. The van der Waals surface area contributed by atoms with E-state index >= 15 is 0 Å². The largest absolute Gasteiger partial charge is 0.478 e. The van der Waals surface area contributed by atoms with Crippen molar-refractivity contribution in [2.24, 2.45) is 5.41 Å². The molecule has 0 aliphatic carbocycles. The molecule has 0 radical (unpaired) electrons. The Morgan fingerprint density at radius 3 is 2.48 bits per heavy atom. The minimum Gasteiger partial charge on any atom is -0.478 e. The number of carboxylic acids is 1. The highest BCUT2D eigenvalue weighted by atomic mass is 35.5. The number of carbonyl (C=O) groups is 1. The van der Waals surface area contributed by atoms with E-state index < -0.39 is 27.0 Å². The molecular weight excluding hydrogens is 370 g/mol. The monoisotopic (exact) mass is 391 g/mol. The van der Waals surface area contributed by atoms with E-state index in [1.54, 1.807) is 13.8 Å². The number of benzene rings is 1. The van der Waals surface area contributed by atoms with Gasteiger partial charge >= 0.3 is 5.97 Å². The summed E-state index contributed by atoms with van der Waals surface area (Å²) in [5.74, 6) is -1.23. The van der Waals surface area contributed by atoms with Gasteiger partial charge in [-0.05, 0) is 18.2 Å². The van der Waals surface area contributed by atoms with Gasteiger partial charge in [0.15, 0.2) is 0 Å². The summed E-state index contributed by atoms with van der Waals surface area (Å²) in [7, 11) is -3.89. The van der Waals surface area contributed by atoms with Gasteiger partial charge in [0.25, 0.3) is 0 Å². The number of aliphatic hydroxyl groups is 1. The number of hydrogen-bond acceptors (Lipinski definition) is 5. The molecule has 1 aromatic rings. The van der Waals surface area contributed by atoms with E-state index in [-0.39, 0.29) is 22.0 Å². The first kappa shape index (κ1) is 20.1. The van der Waals surface area contributed by atoms with Gasteiger partial charge < -0.3 is 14.9 Å². The van der Waals surface area contributed by atoms with Gasteiger partial charge in [-0.3, -0.25) is 0 Å². The molecule has 0 bridgehead atoms. The minimum atomic E-state index is -3.89. The van der Waals surface area contributed by atoms with Crippen molar-refractivity contribution in [3.63, 3.8) is 0 Å². The number of aromatic carboxylic acids is 1. The molecule has 0 unspecified atom stereocenters. The molecule has 0 amide bonds. The highest BCUT2D eigenvalue weighted by molar-refractivity contribution is 7.89. The van der Waals surface area contributed by atoms with Crippen molar-refractivity contribution in [3.05, 3.63) is 28.8 Å². The molecule has 140 valence electrons. The van der Waals surface area contributed by atoms with Crippen molar-refractivity contribution in [1.29, 1.82) is 0 Å². The van der Waals surface area contributed by atoms with Crippen molar-refractivity contribution in [2.45, 2.75) is 37.2 Å². The number of nitrogens with one attached hydrogen (secondary N) is 1. The van der Waals surface area contributed by atoms with Gasteiger partial charge in [-0.2, -0.15) is 0 Å². The summed E-state index contributed by atoms with van der Waals surface area (Å²) in [4.78, 5) is 10.8. The number of sulfonamides is 1. The molecule has 1 heterocycles. The van der Waals surface area contributed by atoms with E-state index in [4.69, 9.17) is 21.4 Å². The van der Waals surface area contributed by atoms with E-state index in [0.717, 1.165) is 12.1 Å². The summed E-state index contributed by atoms with van der Waals surface area (Å²) >= 11 is 5.84. The van der Waals surface area contributed by atoms with Crippen LogP contribution in [0.5, 0.6) is 0 Å². The summed E-state index contributed by atoms with van der Waals surface area (Å²) in [6.07, 6.45) is 0.863. The molecule has 1 fully saturated rings. The molecular formula is C16H22ClNO6S. The molecule has 1 aromatic carbocycles. The zero-order valence-corrected chi connectivity index (χ0v) is 15.7. The van der Waals surface area contributed by atoms with Gasteiger partial charge in [-0.15, -0.1) is 0 Å². The normalized spacial score (nSPS) is 18.1. The maximum Gasteiger partial charge on any atom is 0.337 e. The van der Waals surface area contributed by atoms with Gasteiger partial charge in [0.1, 0.15) is 0 Å². The van der Waals surface area contributed by atoms with Gasteiger partial charge in [0, 0.05) is 38.0 Å². The Bertz CT molecular complexity index is 756. The third-order valence-corrected chi connectivity index (χ3v) is 6.48. The molecule has 2 rings (SSSR count).